The van der Waals surface area contributed by atoms with Crippen LogP contribution in [0.3, 0.4) is 0 Å². The Kier molecular flexibility index (Phi) is 12.4. The normalized spacial score (nSPS) is 11.2. The van der Waals surface area contributed by atoms with E-state index in [1.807, 2.05) is 0 Å². The molecule has 162 valence electrons. The summed E-state index contributed by atoms with van der Waals surface area (Å²) >= 11 is 0. The Morgan fingerprint density at radius 1 is 0.786 bits per heavy atom. The molecule has 0 amide bonds. The molecule has 2 N–H and O–H groups in total. The first-order valence-electron chi connectivity index (χ1n) is 11.3. The second-order valence-electron chi connectivity index (χ2n) is 7.79. The van der Waals surface area contributed by atoms with Gasteiger partial charge in [0.15, 0.2) is 0 Å². The number of hydrogen-bond donors (Lipinski definition) is 2. The van der Waals surface area contributed by atoms with Crippen LogP contribution in [0.15, 0.2) is 4.79 Å². The Balaban J connectivity index is 2.66. The molecule has 0 bridgehead atoms. The van der Waals surface area contributed by atoms with Crippen LogP contribution < -0.4 is 5.69 Å². The molecule has 6 nitrogen and oxygen atoms in total. The first-order chi connectivity index (χ1) is 13.5. The molecule has 28 heavy (non-hydrogen) atoms. The van der Waals surface area contributed by atoms with Crippen molar-refractivity contribution in [2.75, 3.05) is 0 Å². The molecule has 0 radical (unpaired) electrons. The molecule has 0 saturated heterocycles. The van der Waals surface area contributed by atoms with E-state index in [0.29, 0.717) is 25.9 Å². The third-order valence-corrected chi connectivity index (χ3v) is 5.33. The number of aromatic hydroxyl groups is 1. The lowest BCUT2D eigenvalue weighted by atomic mass is 10.1. The predicted molar refractivity (Wildman–Crippen MR) is 113 cm³/mol. The van der Waals surface area contributed by atoms with Gasteiger partial charge < -0.3 is 10.2 Å². The van der Waals surface area contributed by atoms with Gasteiger partial charge in [-0.2, -0.15) is 0 Å². The van der Waals surface area contributed by atoms with Gasteiger partial charge in [0.25, 0.3) is 0 Å². The lowest BCUT2D eigenvalue weighted by molar-refractivity contribution is -0.137. The summed E-state index contributed by atoms with van der Waals surface area (Å²) < 4.78 is 3.31. The van der Waals surface area contributed by atoms with Gasteiger partial charge in [0, 0.05) is 19.5 Å². The molecular weight excluding hydrogens is 356 g/mol. The van der Waals surface area contributed by atoms with Crippen molar-refractivity contribution in [2.45, 2.75) is 117 Å². The Labute approximate surface area is 169 Å². The number of imidazole rings is 1. The molecule has 0 aromatic carbocycles. The average molecular weight is 397 g/mol. The number of nitrogens with zero attached hydrogens (tertiary/aromatic N) is 2. The van der Waals surface area contributed by atoms with Crippen molar-refractivity contribution in [2.24, 2.45) is 0 Å². The lowest BCUT2D eigenvalue weighted by Gasteiger charge is -2.08. The van der Waals surface area contributed by atoms with Crippen LogP contribution in [0.5, 0.6) is 5.88 Å². The van der Waals surface area contributed by atoms with Crippen molar-refractivity contribution in [3.8, 4) is 5.88 Å². The van der Waals surface area contributed by atoms with Crippen molar-refractivity contribution >= 4 is 5.97 Å². The molecule has 1 aromatic rings. The third-order valence-electron chi connectivity index (χ3n) is 5.33. The van der Waals surface area contributed by atoms with Crippen LogP contribution >= 0.6 is 0 Å². The second kappa shape index (κ2) is 14.3. The molecule has 1 aromatic heterocycles. The van der Waals surface area contributed by atoms with Crippen LogP contribution in [0.2, 0.25) is 0 Å². The molecule has 6 heteroatoms. The average Bonchev–Trinajstić information content (AvgIpc) is 2.88. The number of carboxylic acids is 1. The van der Waals surface area contributed by atoms with E-state index in [1.54, 1.807) is 4.57 Å². The molecule has 0 saturated carbocycles. The molecular formula is C22H40N2O4. The fourth-order valence-corrected chi connectivity index (χ4v) is 3.60. The minimum absolute atomic E-state index is 0.0830. The molecule has 0 atom stereocenters. The summed E-state index contributed by atoms with van der Waals surface area (Å²) in [7, 11) is 0. The van der Waals surface area contributed by atoms with Crippen LogP contribution in [0.25, 0.3) is 0 Å². The van der Waals surface area contributed by atoms with Crippen LogP contribution in [0, 0.1) is 0 Å². The highest BCUT2D eigenvalue weighted by atomic mass is 16.4. The van der Waals surface area contributed by atoms with Crippen molar-refractivity contribution in [1.82, 2.24) is 9.13 Å². The minimum Gasteiger partial charge on any atom is -0.493 e. The van der Waals surface area contributed by atoms with Gasteiger partial charge in [-0.05, 0) is 32.1 Å². The number of aromatic nitrogens is 2. The lowest BCUT2D eigenvalue weighted by Crippen LogP contribution is -2.25. The summed E-state index contributed by atoms with van der Waals surface area (Å²) in [6.45, 7) is 5.52. The zero-order chi connectivity index (χ0) is 20.8. The van der Waals surface area contributed by atoms with E-state index < -0.39 is 5.97 Å². The maximum atomic E-state index is 12.8. The van der Waals surface area contributed by atoms with Gasteiger partial charge in [-0.15, -0.1) is 0 Å². The predicted octanol–water partition coefficient (Wildman–Crippen LogP) is 5.09. The minimum atomic E-state index is -0.751. The monoisotopic (exact) mass is 396 g/mol. The fraction of sp³-hybridized carbons (Fsp3) is 0.818. The standard InChI is InChI=1S/C22H40N2O4/c1-3-5-7-8-11-14-18-23-19(15-12-9-10-13-16-20(25)26)21(27)24(22(23)28)17-6-4-2/h27H,3-18H2,1-2H3,(H,25,26). The van der Waals surface area contributed by atoms with Gasteiger partial charge in [-0.1, -0.05) is 65.2 Å². The smallest absolute Gasteiger partial charge is 0.331 e. The summed E-state index contributed by atoms with van der Waals surface area (Å²) in [5.41, 5.74) is 0.674. The third kappa shape index (κ3) is 8.53. The highest BCUT2D eigenvalue weighted by molar-refractivity contribution is 5.66. The quantitative estimate of drug-likeness (QED) is 0.359. The molecule has 0 aliphatic rings. The highest BCUT2D eigenvalue weighted by Crippen LogP contribution is 2.21. The Bertz CT molecular complexity index is 619. The summed E-state index contributed by atoms with van der Waals surface area (Å²) in [6, 6.07) is 0. The van der Waals surface area contributed by atoms with Crippen LogP contribution in [0.4, 0.5) is 0 Å². The number of rotatable bonds is 17. The topological polar surface area (TPSA) is 84.5 Å². The highest BCUT2D eigenvalue weighted by Gasteiger charge is 2.18. The van der Waals surface area contributed by atoms with Gasteiger partial charge in [0.2, 0.25) is 5.88 Å². The molecule has 0 spiro atoms. The van der Waals surface area contributed by atoms with Gasteiger partial charge >= 0.3 is 11.7 Å². The summed E-state index contributed by atoms with van der Waals surface area (Å²) in [4.78, 5) is 23.4. The largest absolute Gasteiger partial charge is 0.493 e. The first-order valence-corrected chi connectivity index (χ1v) is 11.3. The van der Waals surface area contributed by atoms with Crippen molar-refractivity contribution < 1.29 is 15.0 Å². The van der Waals surface area contributed by atoms with Crippen LogP contribution in [-0.4, -0.2) is 25.3 Å². The maximum absolute atomic E-state index is 12.8. The molecule has 0 unspecified atom stereocenters. The number of hydrogen-bond acceptors (Lipinski definition) is 3. The maximum Gasteiger partial charge on any atom is 0.331 e. The second-order valence-corrected chi connectivity index (χ2v) is 7.79. The van der Waals surface area contributed by atoms with E-state index >= 15 is 0 Å². The first kappa shape index (κ1) is 24.3. The zero-order valence-corrected chi connectivity index (χ0v) is 17.9. The van der Waals surface area contributed by atoms with E-state index in [2.05, 4.69) is 13.8 Å². The zero-order valence-electron chi connectivity index (χ0n) is 17.9. The molecule has 0 aliphatic carbocycles. The van der Waals surface area contributed by atoms with Gasteiger partial charge in [0.05, 0.1) is 5.69 Å². The summed E-state index contributed by atoms with van der Waals surface area (Å²) in [6.07, 6.45) is 13.1. The van der Waals surface area contributed by atoms with Crippen LogP contribution in [-0.2, 0) is 24.3 Å². The summed E-state index contributed by atoms with van der Waals surface area (Å²) in [5, 5.41) is 19.3. The van der Waals surface area contributed by atoms with Gasteiger partial charge in [-0.3, -0.25) is 13.9 Å². The molecule has 1 rings (SSSR count). The number of aliphatic carboxylic acids is 1. The Hall–Kier alpha value is -1.72. The molecule has 1 heterocycles. The Morgan fingerprint density at radius 3 is 2.04 bits per heavy atom. The number of carbonyl (C=O) groups is 1. The SMILES string of the molecule is CCCCCCCCn1c(CCCCCCC(=O)O)c(O)n(CCCC)c1=O. The molecule has 0 aliphatic heterocycles. The van der Waals surface area contributed by atoms with E-state index in [9.17, 15) is 14.7 Å². The van der Waals surface area contributed by atoms with E-state index in [-0.39, 0.29) is 18.0 Å². The number of unbranched alkanes of at least 4 members (excludes halogenated alkanes) is 9. The van der Waals surface area contributed by atoms with Gasteiger partial charge in [0.1, 0.15) is 0 Å². The van der Waals surface area contributed by atoms with Crippen LogP contribution in [0.1, 0.15) is 103 Å². The Morgan fingerprint density at radius 2 is 1.36 bits per heavy atom. The van der Waals surface area contributed by atoms with E-state index in [0.717, 1.165) is 50.6 Å². The van der Waals surface area contributed by atoms with Crippen molar-refractivity contribution in [1.29, 1.82) is 0 Å². The fourth-order valence-electron chi connectivity index (χ4n) is 3.60. The number of carboxylic acid groups (broad SMARTS) is 1. The molecule has 0 fully saturated rings. The van der Waals surface area contributed by atoms with Gasteiger partial charge in [-0.25, -0.2) is 4.79 Å². The van der Waals surface area contributed by atoms with E-state index in [1.165, 1.54) is 30.3 Å². The summed E-state index contributed by atoms with van der Waals surface area (Å²) in [5.74, 6) is -0.617. The van der Waals surface area contributed by atoms with E-state index in [4.69, 9.17) is 5.11 Å². The van der Waals surface area contributed by atoms with Crippen molar-refractivity contribution in [3.63, 3.8) is 0 Å². The van der Waals surface area contributed by atoms with Crippen molar-refractivity contribution in [3.05, 3.63) is 16.2 Å².